The van der Waals surface area contributed by atoms with Crippen LogP contribution in [0.15, 0.2) is 18.3 Å². The molecule has 0 spiro atoms. The first-order valence-electron chi connectivity index (χ1n) is 10.00. The number of carbonyl (C=O) groups is 2. The summed E-state index contributed by atoms with van der Waals surface area (Å²) in [6.07, 6.45) is -0.294. The van der Waals surface area contributed by atoms with Crippen molar-refractivity contribution in [2.24, 2.45) is 0 Å². The van der Waals surface area contributed by atoms with Crippen LogP contribution in [-0.2, 0) is 18.8 Å². The van der Waals surface area contributed by atoms with E-state index in [1.807, 2.05) is 27.7 Å². The molecule has 2 amide bonds. The minimum Gasteiger partial charge on any atom is -0.443 e. The summed E-state index contributed by atoms with van der Waals surface area (Å²) in [4.78, 5) is 30.6. The molecule has 30 heavy (non-hydrogen) atoms. The van der Waals surface area contributed by atoms with E-state index in [0.717, 1.165) is 4.90 Å². The zero-order valence-corrected chi connectivity index (χ0v) is 19.7. The standard InChI is InChI=1S/C21H33BN2O6/c1-18(2,3)27-16(25)24(17(26)28-19(4,5)6)14-11-12-15(23-13-14)22-29-20(7,8)21(9,10)30-22/h11-13H,1-10H3. The Morgan fingerprint density at radius 3 is 1.67 bits per heavy atom. The molecule has 1 aliphatic rings. The van der Waals surface area contributed by atoms with Gasteiger partial charge in [-0.05, 0) is 81.4 Å². The van der Waals surface area contributed by atoms with E-state index in [0.29, 0.717) is 5.59 Å². The van der Waals surface area contributed by atoms with Crippen molar-refractivity contribution < 1.29 is 28.4 Å². The quantitative estimate of drug-likeness (QED) is 0.667. The van der Waals surface area contributed by atoms with Crippen LogP contribution in [0.2, 0.25) is 0 Å². The molecule has 9 heteroatoms. The summed E-state index contributed by atoms with van der Waals surface area (Å²) >= 11 is 0. The molecule has 1 aliphatic heterocycles. The molecule has 166 valence electrons. The third-order valence-electron chi connectivity index (χ3n) is 4.68. The van der Waals surface area contributed by atoms with Crippen LogP contribution in [0.3, 0.4) is 0 Å². The molecule has 0 N–H and O–H groups in total. The lowest BCUT2D eigenvalue weighted by molar-refractivity contribution is 0.00578. The van der Waals surface area contributed by atoms with E-state index >= 15 is 0 Å². The Hall–Kier alpha value is -2.13. The number of hydrogen-bond acceptors (Lipinski definition) is 7. The van der Waals surface area contributed by atoms with Crippen LogP contribution < -0.4 is 10.5 Å². The molecule has 8 nitrogen and oxygen atoms in total. The number of ether oxygens (including phenoxy) is 2. The van der Waals surface area contributed by atoms with E-state index in [1.54, 1.807) is 53.7 Å². The molecule has 1 fully saturated rings. The fourth-order valence-corrected chi connectivity index (χ4v) is 2.53. The Morgan fingerprint density at radius 1 is 0.900 bits per heavy atom. The molecule has 1 aromatic rings. The molecule has 0 atom stereocenters. The molecule has 2 rings (SSSR count). The Balaban J connectivity index is 2.31. The number of pyridine rings is 1. The zero-order chi connectivity index (χ0) is 23.1. The summed E-state index contributed by atoms with van der Waals surface area (Å²) in [6.45, 7) is 18.1. The average Bonchev–Trinajstić information content (AvgIpc) is 2.72. The van der Waals surface area contributed by atoms with Crippen LogP contribution in [0.25, 0.3) is 0 Å². The highest BCUT2D eigenvalue weighted by atomic mass is 16.7. The Labute approximate surface area is 179 Å². The smallest absolute Gasteiger partial charge is 0.443 e. The summed E-state index contributed by atoms with van der Waals surface area (Å²) in [5.74, 6) is 0. The lowest BCUT2D eigenvalue weighted by Crippen LogP contribution is -2.44. The van der Waals surface area contributed by atoms with Gasteiger partial charge in [-0.25, -0.2) is 9.59 Å². The predicted molar refractivity (Wildman–Crippen MR) is 115 cm³/mol. The third-order valence-corrected chi connectivity index (χ3v) is 4.68. The van der Waals surface area contributed by atoms with Crippen LogP contribution >= 0.6 is 0 Å². The molecular weight excluding hydrogens is 387 g/mol. The van der Waals surface area contributed by atoms with Gasteiger partial charge in [0.1, 0.15) is 11.2 Å². The lowest BCUT2D eigenvalue weighted by Gasteiger charge is -2.32. The van der Waals surface area contributed by atoms with Crippen molar-refractivity contribution in [3.63, 3.8) is 0 Å². The van der Waals surface area contributed by atoms with Gasteiger partial charge in [0.05, 0.1) is 28.7 Å². The summed E-state index contributed by atoms with van der Waals surface area (Å²) < 4.78 is 22.8. The molecular formula is C21H33BN2O6. The number of aromatic nitrogens is 1. The first-order valence-corrected chi connectivity index (χ1v) is 10.00. The van der Waals surface area contributed by atoms with Gasteiger partial charge in [-0.2, -0.15) is 4.90 Å². The van der Waals surface area contributed by atoms with Crippen molar-refractivity contribution in [1.82, 2.24) is 4.98 Å². The van der Waals surface area contributed by atoms with Gasteiger partial charge in [-0.1, -0.05) is 0 Å². The number of anilines is 1. The van der Waals surface area contributed by atoms with Gasteiger partial charge in [0.2, 0.25) is 0 Å². The zero-order valence-electron chi connectivity index (χ0n) is 19.7. The van der Waals surface area contributed by atoms with Crippen molar-refractivity contribution in [3.05, 3.63) is 18.3 Å². The number of rotatable bonds is 2. The number of carbonyl (C=O) groups excluding carboxylic acids is 2. The Bertz CT molecular complexity index is 749. The molecule has 1 saturated heterocycles. The summed E-state index contributed by atoms with van der Waals surface area (Å²) in [6, 6.07) is 3.24. The second-order valence-electron chi connectivity index (χ2n) is 10.3. The van der Waals surface area contributed by atoms with Gasteiger partial charge in [0.15, 0.2) is 0 Å². The highest BCUT2D eigenvalue weighted by molar-refractivity contribution is 6.61. The topological polar surface area (TPSA) is 87.2 Å². The first kappa shape index (κ1) is 24.1. The van der Waals surface area contributed by atoms with E-state index < -0.39 is 41.7 Å². The van der Waals surface area contributed by atoms with Gasteiger partial charge in [-0.3, -0.25) is 4.98 Å². The van der Waals surface area contributed by atoms with Crippen molar-refractivity contribution >= 4 is 30.6 Å². The van der Waals surface area contributed by atoms with Crippen LogP contribution in [-0.4, -0.2) is 46.7 Å². The number of imide groups is 1. The maximum Gasteiger partial charge on any atom is 0.514 e. The molecule has 0 unspecified atom stereocenters. The number of hydrogen-bond donors (Lipinski definition) is 0. The van der Waals surface area contributed by atoms with Crippen molar-refractivity contribution in [1.29, 1.82) is 0 Å². The fourth-order valence-electron chi connectivity index (χ4n) is 2.53. The molecule has 0 aromatic carbocycles. The average molecular weight is 420 g/mol. The first-order chi connectivity index (χ1) is 13.4. The normalized spacial score (nSPS) is 18.1. The Morgan fingerprint density at radius 2 is 1.33 bits per heavy atom. The molecule has 0 aliphatic carbocycles. The fraction of sp³-hybridized carbons (Fsp3) is 0.667. The highest BCUT2D eigenvalue weighted by Crippen LogP contribution is 2.36. The third kappa shape index (κ3) is 5.73. The summed E-state index contributed by atoms with van der Waals surface area (Å²) in [7, 11) is -0.652. The van der Waals surface area contributed by atoms with Crippen LogP contribution in [0.5, 0.6) is 0 Å². The van der Waals surface area contributed by atoms with Gasteiger partial charge in [0.25, 0.3) is 0 Å². The molecule has 0 bridgehead atoms. The number of amides is 2. The maximum atomic E-state index is 12.7. The minimum atomic E-state index is -0.845. The largest absolute Gasteiger partial charge is 0.514 e. The van der Waals surface area contributed by atoms with Crippen molar-refractivity contribution in [3.8, 4) is 0 Å². The van der Waals surface area contributed by atoms with Gasteiger partial charge in [-0.15, -0.1) is 0 Å². The van der Waals surface area contributed by atoms with Gasteiger partial charge >= 0.3 is 19.3 Å². The maximum absolute atomic E-state index is 12.7. The van der Waals surface area contributed by atoms with Crippen molar-refractivity contribution in [2.75, 3.05) is 4.90 Å². The van der Waals surface area contributed by atoms with Crippen LogP contribution in [0, 0.1) is 0 Å². The summed E-state index contributed by atoms with van der Waals surface area (Å²) in [5.41, 5.74) is -1.82. The van der Waals surface area contributed by atoms with Crippen molar-refractivity contribution in [2.45, 2.75) is 91.6 Å². The van der Waals surface area contributed by atoms with Crippen LogP contribution in [0.4, 0.5) is 15.3 Å². The Kier molecular flexibility index (Phi) is 6.32. The SMILES string of the molecule is CC(C)(C)OC(=O)N(C(=O)OC(C)(C)C)c1ccc(B2OC(C)(C)C(C)(C)O2)nc1. The minimum absolute atomic E-state index is 0.221. The van der Waals surface area contributed by atoms with Crippen LogP contribution in [0.1, 0.15) is 69.2 Å². The monoisotopic (exact) mass is 420 g/mol. The molecule has 1 aromatic heterocycles. The second-order valence-corrected chi connectivity index (χ2v) is 10.3. The van der Waals surface area contributed by atoms with E-state index in [-0.39, 0.29) is 5.69 Å². The summed E-state index contributed by atoms with van der Waals surface area (Å²) in [5, 5.41) is 0. The van der Waals surface area contributed by atoms with E-state index in [9.17, 15) is 9.59 Å². The molecule has 0 radical (unpaired) electrons. The van der Waals surface area contributed by atoms with Gasteiger partial charge in [0, 0.05) is 0 Å². The molecule has 0 saturated carbocycles. The second kappa shape index (κ2) is 7.85. The van der Waals surface area contributed by atoms with E-state index in [2.05, 4.69) is 4.98 Å². The lowest BCUT2D eigenvalue weighted by atomic mass is 9.84. The van der Waals surface area contributed by atoms with E-state index in [1.165, 1.54) is 6.20 Å². The highest BCUT2D eigenvalue weighted by Gasteiger charge is 2.52. The number of nitrogens with zero attached hydrogens (tertiary/aromatic N) is 2. The van der Waals surface area contributed by atoms with E-state index in [4.69, 9.17) is 18.8 Å². The molecule has 2 heterocycles. The van der Waals surface area contributed by atoms with Gasteiger partial charge < -0.3 is 18.8 Å². The predicted octanol–water partition coefficient (Wildman–Crippen LogP) is 4.06.